The number of piperazine rings is 1. The predicted molar refractivity (Wildman–Crippen MR) is 133 cm³/mol. The van der Waals surface area contributed by atoms with Crippen LogP contribution >= 0.6 is 0 Å². The summed E-state index contributed by atoms with van der Waals surface area (Å²) in [7, 11) is -3.62. The SMILES string of the molecule is CCCN1CCN(CCCNC(=O)c2cc(=O)[nH]c3ccc(S(=O)(=O)N4CCCC4)cc23)CC1. The van der Waals surface area contributed by atoms with Crippen molar-refractivity contribution in [2.75, 3.05) is 58.9 Å². The highest BCUT2D eigenvalue weighted by Crippen LogP contribution is 2.25. The quantitative estimate of drug-likeness (QED) is 0.517. The van der Waals surface area contributed by atoms with E-state index in [4.69, 9.17) is 0 Å². The Morgan fingerprint density at radius 2 is 1.68 bits per heavy atom. The van der Waals surface area contributed by atoms with Gasteiger partial charge in [0.1, 0.15) is 0 Å². The number of hydrogen-bond donors (Lipinski definition) is 2. The van der Waals surface area contributed by atoms with Crippen LogP contribution in [0.25, 0.3) is 10.9 Å². The lowest BCUT2D eigenvalue weighted by molar-refractivity contribution is 0.0949. The second-order valence-electron chi connectivity index (χ2n) is 9.16. The number of H-pyrrole nitrogens is 1. The molecular formula is C24H35N5O4S. The Morgan fingerprint density at radius 3 is 2.35 bits per heavy atom. The van der Waals surface area contributed by atoms with Crippen LogP contribution in [0.3, 0.4) is 0 Å². The number of aromatic amines is 1. The van der Waals surface area contributed by atoms with E-state index in [0.29, 0.717) is 30.5 Å². The van der Waals surface area contributed by atoms with Crippen molar-refractivity contribution in [1.82, 2.24) is 24.4 Å². The fourth-order valence-electron chi connectivity index (χ4n) is 4.81. The Morgan fingerprint density at radius 1 is 1.00 bits per heavy atom. The summed E-state index contributed by atoms with van der Waals surface area (Å²) < 4.78 is 27.5. The van der Waals surface area contributed by atoms with Crippen LogP contribution in [0.5, 0.6) is 0 Å². The molecule has 2 aliphatic heterocycles. The molecule has 0 unspecified atom stereocenters. The number of amides is 1. The summed E-state index contributed by atoms with van der Waals surface area (Å²) in [6.07, 6.45) is 3.69. The summed E-state index contributed by atoms with van der Waals surface area (Å²) in [5, 5.41) is 3.35. The molecule has 0 saturated carbocycles. The van der Waals surface area contributed by atoms with E-state index in [1.807, 2.05) is 0 Å². The Labute approximate surface area is 201 Å². The molecule has 34 heavy (non-hydrogen) atoms. The zero-order valence-corrected chi connectivity index (χ0v) is 20.7. The number of carbonyl (C=O) groups is 1. The first kappa shape index (κ1) is 24.8. The zero-order chi connectivity index (χ0) is 24.1. The highest BCUT2D eigenvalue weighted by molar-refractivity contribution is 7.89. The summed E-state index contributed by atoms with van der Waals surface area (Å²) in [4.78, 5) is 32.8. The Balaban J connectivity index is 1.41. The maximum absolute atomic E-state index is 13.0. The lowest BCUT2D eigenvalue weighted by atomic mass is 10.1. The van der Waals surface area contributed by atoms with Gasteiger partial charge in [-0.15, -0.1) is 0 Å². The predicted octanol–water partition coefficient (Wildman–Crippen LogP) is 1.46. The van der Waals surface area contributed by atoms with Crippen LogP contribution in [-0.4, -0.2) is 92.3 Å². The van der Waals surface area contributed by atoms with Crippen molar-refractivity contribution in [2.45, 2.75) is 37.5 Å². The number of carbonyl (C=O) groups excluding carboxylic acids is 1. The summed E-state index contributed by atoms with van der Waals surface area (Å²) in [6.45, 7) is 10.0. The van der Waals surface area contributed by atoms with Crippen LogP contribution in [0.1, 0.15) is 43.0 Å². The van der Waals surface area contributed by atoms with E-state index in [0.717, 1.165) is 58.5 Å². The van der Waals surface area contributed by atoms with Gasteiger partial charge in [0.25, 0.3) is 5.91 Å². The maximum Gasteiger partial charge on any atom is 0.252 e. The number of hydrogen-bond acceptors (Lipinski definition) is 6. The minimum atomic E-state index is -3.62. The topological polar surface area (TPSA) is 106 Å². The molecule has 0 spiro atoms. The Kier molecular flexibility index (Phi) is 8.02. The standard InChI is InChI=1S/C24H35N5O4S/c1-2-9-27-13-15-28(16-14-27)10-5-8-25-24(31)21-18-23(30)26-22-7-6-19(17-20(21)22)34(32,33)29-11-3-4-12-29/h6-7,17-18H,2-5,8-16H2,1H3,(H,25,31)(H,26,30). The molecule has 0 radical (unpaired) electrons. The molecule has 2 saturated heterocycles. The second-order valence-corrected chi connectivity index (χ2v) is 11.1. The van der Waals surface area contributed by atoms with Crippen molar-refractivity contribution in [1.29, 1.82) is 0 Å². The van der Waals surface area contributed by atoms with Gasteiger partial charge in [-0.3, -0.25) is 9.59 Å². The molecule has 1 aromatic heterocycles. The average molecular weight is 490 g/mol. The molecule has 3 heterocycles. The van der Waals surface area contributed by atoms with E-state index >= 15 is 0 Å². The number of benzene rings is 1. The van der Waals surface area contributed by atoms with Crippen molar-refractivity contribution in [2.24, 2.45) is 0 Å². The van der Waals surface area contributed by atoms with Crippen molar-refractivity contribution in [3.63, 3.8) is 0 Å². The van der Waals surface area contributed by atoms with Crippen LogP contribution in [-0.2, 0) is 10.0 Å². The third-order valence-corrected chi connectivity index (χ3v) is 8.60. The molecule has 1 amide bonds. The Hall–Kier alpha value is -2.27. The van der Waals surface area contributed by atoms with Crippen LogP contribution < -0.4 is 10.9 Å². The number of pyridine rings is 1. The summed E-state index contributed by atoms with van der Waals surface area (Å²) in [6, 6.07) is 5.81. The minimum Gasteiger partial charge on any atom is -0.352 e. The molecule has 2 aliphatic rings. The van der Waals surface area contributed by atoms with Gasteiger partial charge in [-0.2, -0.15) is 4.31 Å². The molecule has 186 valence electrons. The fourth-order valence-corrected chi connectivity index (χ4v) is 6.36. The molecule has 1 aromatic carbocycles. The molecule has 2 N–H and O–H groups in total. The van der Waals surface area contributed by atoms with Crippen molar-refractivity contribution in [3.8, 4) is 0 Å². The third kappa shape index (κ3) is 5.68. The van der Waals surface area contributed by atoms with Crippen molar-refractivity contribution in [3.05, 3.63) is 40.2 Å². The van der Waals surface area contributed by atoms with Crippen molar-refractivity contribution >= 4 is 26.8 Å². The summed E-state index contributed by atoms with van der Waals surface area (Å²) >= 11 is 0. The van der Waals surface area contributed by atoms with Gasteiger partial charge < -0.3 is 20.1 Å². The van der Waals surface area contributed by atoms with Gasteiger partial charge in [0.15, 0.2) is 0 Å². The van der Waals surface area contributed by atoms with Crippen LogP contribution in [0.15, 0.2) is 34.0 Å². The van der Waals surface area contributed by atoms with Gasteiger partial charge in [0.2, 0.25) is 15.6 Å². The van der Waals surface area contributed by atoms with E-state index in [2.05, 4.69) is 27.0 Å². The summed E-state index contributed by atoms with van der Waals surface area (Å²) in [5.41, 5.74) is 0.256. The molecule has 10 heteroatoms. The van der Waals surface area contributed by atoms with E-state index < -0.39 is 15.6 Å². The van der Waals surface area contributed by atoms with Gasteiger partial charge in [0.05, 0.1) is 10.5 Å². The maximum atomic E-state index is 13.0. The normalized spacial score (nSPS) is 18.5. The molecule has 4 rings (SSSR count). The first-order valence-electron chi connectivity index (χ1n) is 12.3. The number of rotatable bonds is 9. The highest BCUT2D eigenvalue weighted by atomic mass is 32.2. The smallest absolute Gasteiger partial charge is 0.252 e. The lowest BCUT2D eigenvalue weighted by Gasteiger charge is -2.34. The van der Waals surface area contributed by atoms with Gasteiger partial charge in [-0.25, -0.2) is 8.42 Å². The first-order chi connectivity index (χ1) is 16.4. The molecule has 0 bridgehead atoms. The molecular weight excluding hydrogens is 454 g/mol. The van der Waals surface area contributed by atoms with Gasteiger partial charge in [-0.1, -0.05) is 6.92 Å². The number of fused-ring (bicyclic) bond motifs is 1. The van der Waals surface area contributed by atoms with Gasteiger partial charge in [0, 0.05) is 62.8 Å². The minimum absolute atomic E-state index is 0.144. The van der Waals surface area contributed by atoms with Crippen molar-refractivity contribution < 1.29 is 13.2 Å². The molecule has 2 fully saturated rings. The van der Waals surface area contributed by atoms with Crippen LogP contribution in [0, 0.1) is 0 Å². The van der Waals surface area contributed by atoms with Gasteiger partial charge >= 0.3 is 0 Å². The molecule has 0 aliphatic carbocycles. The second kappa shape index (κ2) is 11.0. The number of nitrogens with one attached hydrogen (secondary N) is 2. The van der Waals surface area contributed by atoms with Crippen LogP contribution in [0.4, 0.5) is 0 Å². The van der Waals surface area contributed by atoms with E-state index in [1.54, 1.807) is 6.07 Å². The first-order valence-corrected chi connectivity index (χ1v) is 13.7. The summed E-state index contributed by atoms with van der Waals surface area (Å²) in [5.74, 6) is -0.361. The highest BCUT2D eigenvalue weighted by Gasteiger charge is 2.28. The number of aromatic nitrogens is 1. The molecule has 2 aromatic rings. The number of nitrogens with zero attached hydrogens (tertiary/aromatic N) is 3. The molecule has 0 atom stereocenters. The average Bonchev–Trinajstić information content (AvgIpc) is 3.38. The largest absolute Gasteiger partial charge is 0.352 e. The lowest BCUT2D eigenvalue weighted by Crippen LogP contribution is -2.47. The third-order valence-electron chi connectivity index (χ3n) is 6.70. The van der Waals surface area contributed by atoms with E-state index in [9.17, 15) is 18.0 Å². The Bertz CT molecular complexity index is 1170. The molecule has 9 nitrogen and oxygen atoms in total. The fraction of sp³-hybridized carbons (Fsp3) is 0.583. The van der Waals surface area contributed by atoms with Gasteiger partial charge in [-0.05, 0) is 57.0 Å². The van der Waals surface area contributed by atoms with E-state index in [1.165, 1.54) is 28.9 Å². The zero-order valence-electron chi connectivity index (χ0n) is 19.9. The monoisotopic (exact) mass is 489 g/mol. The van der Waals surface area contributed by atoms with Crippen LogP contribution in [0.2, 0.25) is 0 Å². The van der Waals surface area contributed by atoms with E-state index in [-0.39, 0.29) is 16.4 Å². The number of sulfonamides is 1.